The molecule has 1 fully saturated rings. The molecule has 1 saturated carbocycles. The highest BCUT2D eigenvalue weighted by atomic mass is 79.9. The molecule has 0 amide bonds. The van der Waals surface area contributed by atoms with Crippen LogP contribution >= 0.6 is 27.5 Å². The fraction of sp³-hybridized carbons (Fsp3) is 0.333. The monoisotopic (exact) mass is 263 g/mol. The average Bonchev–Trinajstić information content (AvgIpc) is 2.65. The summed E-state index contributed by atoms with van der Waals surface area (Å²) in [5.41, 5.74) is 5.99. The summed E-state index contributed by atoms with van der Waals surface area (Å²) in [5.74, 6) is -0.320. The zero-order valence-electron chi connectivity index (χ0n) is 6.78. The average molecular weight is 265 g/mol. The van der Waals surface area contributed by atoms with Crippen LogP contribution in [0.5, 0.6) is 0 Å². The van der Waals surface area contributed by atoms with Crippen LogP contribution in [0.15, 0.2) is 16.6 Å². The molecule has 0 saturated heterocycles. The van der Waals surface area contributed by atoms with Gasteiger partial charge in [0.2, 0.25) is 0 Å². The van der Waals surface area contributed by atoms with E-state index in [0.717, 1.165) is 12.8 Å². The fourth-order valence-corrected chi connectivity index (χ4v) is 2.57. The molecule has 0 unspecified atom stereocenters. The van der Waals surface area contributed by atoms with Crippen molar-refractivity contribution >= 4 is 27.5 Å². The van der Waals surface area contributed by atoms with Crippen molar-refractivity contribution in [2.24, 2.45) is 5.73 Å². The Morgan fingerprint density at radius 3 is 2.54 bits per heavy atom. The normalized spacial score (nSPS) is 18.8. The van der Waals surface area contributed by atoms with E-state index in [-0.39, 0.29) is 5.82 Å². The van der Waals surface area contributed by atoms with Crippen molar-refractivity contribution in [1.82, 2.24) is 0 Å². The van der Waals surface area contributed by atoms with Gasteiger partial charge < -0.3 is 5.73 Å². The maximum absolute atomic E-state index is 13.5. The molecule has 1 nitrogen and oxygen atoms in total. The molecule has 0 radical (unpaired) electrons. The second-order valence-electron chi connectivity index (χ2n) is 3.40. The minimum absolute atomic E-state index is 0.320. The Labute approximate surface area is 89.2 Å². The molecule has 0 heterocycles. The molecule has 2 N–H and O–H groups in total. The van der Waals surface area contributed by atoms with Gasteiger partial charge in [-0.05, 0) is 25.0 Å². The summed E-state index contributed by atoms with van der Waals surface area (Å²) in [4.78, 5) is 0. The highest BCUT2D eigenvalue weighted by molar-refractivity contribution is 9.10. The highest BCUT2D eigenvalue weighted by Crippen LogP contribution is 2.47. The lowest BCUT2D eigenvalue weighted by Gasteiger charge is -2.12. The molecule has 2 rings (SSSR count). The molecule has 70 valence electrons. The minimum atomic E-state index is -0.465. The van der Waals surface area contributed by atoms with Gasteiger partial charge in [-0.15, -0.1) is 0 Å². The van der Waals surface area contributed by atoms with E-state index < -0.39 is 5.54 Å². The third-order valence-corrected chi connectivity index (χ3v) is 3.14. The summed E-state index contributed by atoms with van der Waals surface area (Å²) in [6.07, 6.45) is 1.67. The molecule has 1 aromatic carbocycles. The van der Waals surface area contributed by atoms with Crippen LogP contribution in [0, 0.1) is 5.82 Å². The molecule has 1 aliphatic carbocycles. The topological polar surface area (TPSA) is 26.0 Å². The van der Waals surface area contributed by atoms with Crippen molar-refractivity contribution < 1.29 is 4.39 Å². The van der Waals surface area contributed by atoms with Gasteiger partial charge in [0.15, 0.2) is 0 Å². The van der Waals surface area contributed by atoms with Crippen LogP contribution < -0.4 is 5.73 Å². The number of rotatable bonds is 1. The lowest BCUT2D eigenvalue weighted by molar-refractivity contribution is 0.576. The molecule has 1 aromatic rings. The fourth-order valence-electron chi connectivity index (χ4n) is 1.40. The number of hydrogen-bond donors (Lipinski definition) is 1. The van der Waals surface area contributed by atoms with Crippen molar-refractivity contribution in [1.29, 1.82) is 0 Å². The summed E-state index contributed by atoms with van der Waals surface area (Å²) in [6, 6.07) is 2.97. The predicted octanol–water partition coefficient (Wildman–Crippen LogP) is 3.19. The first-order valence-corrected chi connectivity index (χ1v) is 5.14. The van der Waals surface area contributed by atoms with Gasteiger partial charge >= 0.3 is 0 Å². The van der Waals surface area contributed by atoms with Crippen molar-refractivity contribution in [2.75, 3.05) is 0 Å². The Hall–Kier alpha value is -0.120. The minimum Gasteiger partial charge on any atom is -0.321 e. The maximum atomic E-state index is 13.5. The van der Waals surface area contributed by atoms with Crippen LogP contribution in [-0.2, 0) is 5.54 Å². The lowest BCUT2D eigenvalue weighted by atomic mass is 10.1. The van der Waals surface area contributed by atoms with Gasteiger partial charge in [0.25, 0.3) is 0 Å². The van der Waals surface area contributed by atoms with Gasteiger partial charge in [-0.2, -0.15) is 0 Å². The van der Waals surface area contributed by atoms with Crippen molar-refractivity contribution in [3.63, 3.8) is 0 Å². The smallest absolute Gasteiger partial charge is 0.130 e. The van der Waals surface area contributed by atoms with Crippen LogP contribution in [0.3, 0.4) is 0 Å². The predicted molar refractivity (Wildman–Crippen MR) is 54.2 cm³/mol. The largest absolute Gasteiger partial charge is 0.321 e. The van der Waals surface area contributed by atoms with Crippen LogP contribution in [0.2, 0.25) is 5.02 Å². The Kier molecular flexibility index (Phi) is 2.13. The van der Waals surface area contributed by atoms with E-state index in [1.54, 1.807) is 6.07 Å². The Balaban J connectivity index is 2.57. The van der Waals surface area contributed by atoms with E-state index in [2.05, 4.69) is 15.9 Å². The van der Waals surface area contributed by atoms with Gasteiger partial charge in [-0.1, -0.05) is 27.5 Å². The van der Waals surface area contributed by atoms with E-state index in [1.807, 2.05) is 0 Å². The summed E-state index contributed by atoms with van der Waals surface area (Å²) in [5, 5.41) is 0.386. The van der Waals surface area contributed by atoms with Crippen LogP contribution in [0.25, 0.3) is 0 Å². The molecule has 0 atom stereocenters. The van der Waals surface area contributed by atoms with Crippen molar-refractivity contribution in [3.8, 4) is 0 Å². The van der Waals surface area contributed by atoms with Gasteiger partial charge in [0, 0.05) is 20.6 Å². The van der Waals surface area contributed by atoms with Crippen molar-refractivity contribution in [3.05, 3.63) is 33.0 Å². The number of halogens is 3. The third kappa shape index (κ3) is 1.60. The zero-order chi connectivity index (χ0) is 9.64. The Morgan fingerprint density at radius 2 is 2.08 bits per heavy atom. The van der Waals surface area contributed by atoms with Gasteiger partial charge in [-0.25, -0.2) is 4.39 Å². The molecule has 0 bridgehead atoms. The third-order valence-electron chi connectivity index (χ3n) is 2.29. The molecule has 0 aliphatic heterocycles. The van der Waals surface area contributed by atoms with Gasteiger partial charge in [0.1, 0.15) is 5.82 Å². The quantitative estimate of drug-likeness (QED) is 0.828. The Bertz CT molecular complexity index is 340. The summed E-state index contributed by atoms with van der Waals surface area (Å²) in [6.45, 7) is 0. The molecular formula is C9H8BrClFN. The second kappa shape index (κ2) is 2.94. The molecule has 1 aliphatic rings. The number of benzene rings is 1. The summed E-state index contributed by atoms with van der Waals surface area (Å²) >= 11 is 8.95. The standard InChI is InChI=1S/C9H8BrClFN/c10-6-3-5(11)4-7(12)8(6)9(13)1-2-9/h3-4H,1-2,13H2. The van der Waals surface area contributed by atoms with Gasteiger partial charge in [0.05, 0.1) is 0 Å². The highest BCUT2D eigenvalue weighted by Gasteiger charge is 2.43. The first-order chi connectivity index (χ1) is 6.03. The summed E-state index contributed by atoms with van der Waals surface area (Å²) < 4.78 is 14.1. The second-order valence-corrected chi connectivity index (χ2v) is 4.69. The van der Waals surface area contributed by atoms with Crippen LogP contribution in [0.4, 0.5) is 4.39 Å². The van der Waals surface area contributed by atoms with Crippen LogP contribution in [0.1, 0.15) is 18.4 Å². The molecule has 4 heteroatoms. The lowest BCUT2D eigenvalue weighted by Crippen LogP contribution is -2.21. The van der Waals surface area contributed by atoms with Gasteiger partial charge in [-0.3, -0.25) is 0 Å². The summed E-state index contributed by atoms with van der Waals surface area (Å²) in [7, 11) is 0. The number of hydrogen-bond acceptors (Lipinski definition) is 1. The SMILES string of the molecule is NC1(c2c(F)cc(Cl)cc2Br)CC1. The van der Waals surface area contributed by atoms with Crippen LogP contribution in [-0.4, -0.2) is 0 Å². The first-order valence-electron chi connectivity index (χ1n) is 3.97. The first kappa shape index (κ1) is 9.44. The molecule has 0 aromatic heterocycles. The zero-order valence-corrected chi connectivity index (χ0v) is 9.12. The van der Waals surface area contributed by atoms with E-state index >= 15 is 0 Å². The maximum Gasteiger partial charge on any atom is 0.130 e. The van der Waals surface area contributed by atoms with E-state index in [9.17, 15) is 4.39 Å². The van der Waals surface area contributed by atoms with E-state index in [1.165, 1.54) is 6.07 Å². The number of nitrogens with two attached hydrogens (primary N) is 1. The van der Waals surface area contributed by atoms with E-state index in [0.29, 0.717) is 15.1 Å². The van der Waals surface area contributed by atoms with E-state index in [4.69, 9.17) is 17.3 Å². The Morgan fingerprint density at radius 1 is 1.46 bits per heavy atom. The molecule has 13 heavy (non-hydrogen) atoms. The van der Waals surface area contributed by atoms with Crippen molar-refractivity contribution in [2.45, 2.75) is 18.4 Å². The molecular weight excluding hydrogens is 256 g/mol. The molecule has 0 spiro atoms.